The number of aryl methyl sites for hydroxylation is 1. The number of nitrogens with one attached hydrogen (secondary N) is 1. The van der Waals surface area contributed by atoms with Crippen molar-refractivity contribution in [2.24, 2.45) is 0 Å². The standard InChI is InChI=1S/C18H17NO4S/c1-24(22)11-12-3-2-4-14(9-12)18(21)23-15-6-7-16-13(10-15)5-8-17(20)19-16/h2-4,6-7,9-10H,5,8,11H2,1H3,(H,19,20). The summed E-state index contributed by atoms with van der Waals surface area (Å²) < 4.78 is 16.7. The fraction of sp³-hybridized carbons (Fsp3) is 0.222. The molecule has 3 rings (SSSR count). The number of hydrogen-bond acceptors (Lipinski definition) is 4. The summed E-state index contributed by atoms with van der Waals surface area (Å²) in [4.78, 5) is 23.7. The van der Waals surface area contributed by atoms with Gasteiger partial charge in [0.25, 0.3) is 0 Å². The van der Waals surface area contributed by atoms with Crippen molar-refractivity contribution in [1.29, 1.82) is 0 Å². The highest BCUT2D eigenvalue weighted by Crippen LogP contribution is 2.27. The van der Waals surface area contributed by atoms with Gasteiger partial charge < -0.3 is 10.1 Å². The Balaban J connectivity index is 1.75. The van der Waals surface area contributed by atoms with Gasteiger partial charge in [0.1, 0.15) is 5.75 Å². The zero-order valence-corrected chi connectivity index (χ0v) is 14.0. The summed E-state index contributed by atoms with van der Waals surface area (Å²) in [5, 5.41) is 2.79. The topological polar surface area (TPSA) is 72.5 Å². The number of hydrogen-bond donors (Lipinski definition) is 1. The first-order chi connectivity index (χ1) is 11.5. The Hall–Kier alpha value is -2.47. The number of benzene rings is 2. The molecule has 2 aromatic carbocycles. The van der Waals surface area contributed by atoms with Crippen LogP contribution in [-0.2, 0) is 27.8 Å². The van der Waals surface area contributed by atoms with E-state index in [0.717, 1.165) is 16.8 Å². The molecule has 1 amide bonds. The number of rotatable bonds is 4. The predicted molar refractivity (Wildman–Crippen MR) is 92.6 cm³/mol. The van der Waals surface area contributed by atoms with Crippen molar-refractivity contribution in [2.45, 2.75) is 18.6 Å². The maximum absolute atomic E-state index is 12.3. The minimum absolute atomic E-state index is 0.00243. The van der Waals surface area contributed by atoms with E-state index in [9.17, 15) is 13.8 Å². The van der Waals surface area contributed by atoms with Gasteiger partial charge in [0.2, 0.25) is 5.91 Å². The Morgan fingerprint density at radius 1 is 1.21 bits per heavy atom. The van der Waals surface area contributed by atoms with Crippen LogP contribution in [0.3, 0.4) is 0 Å². The molecule has 0 aromatic heterocycles. The highest BCUT2D eigenvalue weighted by atomic mass is 32.2. The van der Waals surface area contributed by atoms with Crippen molar-refractivity contribution < 1.29 is 18.5 Å². The third-order valence-corrected chi connectivity index (χ3v) is 4.46. The second-order valence-corrected chi connectivity index (χ2v) is 7.11. The van der Waals surface area contributed by atoms with Crippen LogP contribution in [-0.4, -0.2) is 22.3 Å². The molecule has 6 heteroatoms. The van der Waals surface area contributed by atoms with Gasteiger partial charge in [-0.15, -0.1) is 0 Å². The maximum Gasteiger partial charge on any atom is 0.343 e. The molecule has 1 unspecified atom stereocenters. The van der Waals surface area contributed by atoms with Gasteiger partial charge >= 0.3 is 5.97 Å². The highest BCUT2D eigenvalue weighted by Gasteiger charge is 2.16. The molecule has 0 saturated heterocycles. The molecule has 2 aromatic rings. The second kappa shape index (κ2) is 6.97. The summed E-state index contributed by atoms with van der Waals surface area (Å²) in [6, 6.07) is 12.1. The zero-order valence-electron chi connectivity index (χ0n) is 13.2. The molecule has 1 aliphatic heterocycles. The van der Waals surface area contributed by atoms with E-state index < -0.39 is 16.8 Å². The number of amides is 1. The van der Waals surface area contributed by atoms with E-state index in [1.165, 1.54) is 0 Å². The van der Waals surface area contributed by atoms with E-state index in [2.05, 4.69) is 5.32 Å². The van der Waals surface area contributed by atoms with Gasteiger partial charge in [-0.3, -0.25) is 9.00 Å². The molecule has 1 aliphatic rings. The zero-order chi connectivity index (χ0) is 17.1. The van der Waals surface area contributed by atoms with Crippen molar-refractivity contribution >= 4 is 28.4 Å². The summed E-state index contributed by atoms with van der Waals surface area (Å²) in [5.74, 6) is 0.384. The minimum Gasteiger partial charge on any atom is -0.423 e. The van der Waals surface area contributed by atoms with E-state index >= 15 is 0 Å². The number of ether oxygens (including phenoxy) is 1. The monoisotopic (exact) mass is 343 g/mol. The normalized spacial score (nSPS) is 14.5. The van der Waals surface area contributed by atoms with Gasteiger partial charge in [-0.25, -0.2) is 4.79 Å². The predicted octanol–water partition coefficient (Wildman–Crippen LogP) is 2.67. The van der Waals surface area contributed by atoms with Gasteiger partial charge in [0, 0.05) is 34.9 Å². The van der Waals surface area contributed by atoms with Crippen LogP contribution < -0.4 is 10.1 Å². The smallest absolute Gasteiger partial charge is 0.343 e. The SMILES string of the molecule is CS(=O)Cc1cccc(C(=O)Oc2ccc3c(c2)CCC(=O)N3)c1. The van der Waals surface area contributed by atoms with Crippen LogP contribution in [0.2, 0.25) is 0 Å². The fourth-order valence-electron chi connectivity index (χ4n) is 2.61. The molecule has 5 nitrogen and oxygen atoms in total. The quantitative estimate of drug-likeness (QED) is 0.684. The summed E-state index contributed by atoms with van der Waals surface area (Å²) in [5.41, 5.74) is 2.97. The number of carbonyl (C=O) groups excluding carboxylic acids is 2. The lowest BCUT2D eigenvalue weighted by Gasteiger charge is -2.17. The third kappa shape index (κ3) is 3.89. The first kappa shape index (κ1) is 16.4. The Kier molecular flexibility index (Phi) is 4.76. The van der Waals surface area contributed by atoms with Gasteiger partial charge in [-0.2, -0.15) is 0 Å². The van der Waals surface area contributed by atoms with E-state index in [0.29, 0.717) is 29.9 Å². The van der Waals surface area contributed by atoms with Gasteiger partial charge in [0.05, 0.1) is 5.56 Å². The van der Waals surface area contributed by atoms with Crippen LogP contribution in [0.15, 0.2) is 42.5 Å². The number of anilines is 1. The average molecular weight is 343 g/mol. The van der Waals surface area contributed by atoms with Crippen molar-refractivity contribution in [3.8, 4) is 5.75 Å². The second-order valence-electron chi connectivity index (χ2n) is 5.67. The van der Waals surface area contributed by atoms with E-state index in [1.807, 2.05) is 6.07 Å². The lowest BCUT2D eigenvalue weighted by Crippen LogP contribution is -2.19. The van der Waals surface area contributed by atoms with Crippen LogP contribution >= 0.6 is 0 Å². The molecular formula is C18H17NO4S. The number of fused-ring (bicyclic) bond motifs is 1. The van der Waals surface area contributed by atoms with Gasteiger partial charge in [-0.1, -0.05) is 12.1 Å². The number of carbonyl (C=O) groups is 2. The summed E-state index contributed by atoms with van der Waals surface area (Å²) in [6.45, 7) is 0. The molecule has 0 spiro atoms. The maximum atomic E-state index is 12.3. The summed E-state index contributed by atoms with van der Waals surface area (Å²) >= 11 is 0. The minimum atomic E-state index is -0.967. The summed E-state index contributed by atoms with van der Waals surface area (Å²) in [7, 11) is -0.967. The van der Waals surface area contributed by atoms with E-state index in [4.69, 9.17) is 4.74 Å². The van der Waals surface area contributed by atoms with Crippen LogP contribution in [0.4, 0.5) is 5.69 Å². The average Bonchev–Trinajstić information content (AvgIpc) is 2.54. The van der Waals surface area contributed by atoms with Gasteiger partial charge in [0.15, 0.2) is 0 Å². The van der Waals surface area contributed by atoms with Crippen molar-refractivity contribution in [1.82, 2.24) is 0 Å². The molecule has 1 heterocycles. The molecule has 24 heavy (non-hydrogen) atoms. The molecule has 1 N–H and O–H groups in total. The Bertz CT molecular complexity index is 832. The molecule has 0 bridgehead atoms. The van der Waals surface area contributed by atoms with Crippen LogP contribution in [0.25, 0.3) is 0 Å². The molecule has 0 aliphatic carbocycles. The largest absolute Gasteiger partial charge is 0.423 e. The van der Waals surface area contributed by atoms with Crippen LogP contribution in [0.1, 0.15) is 27.9 Å². The Labute approximate surface area is 142 Å². The lowest BCUT2D eigenvalue weighted by atomic mass is 10.0. The van der Waals surface area contributed by atoms with Crippen LogP contribution in [0, 0.1) is 0 Å². The first-order valence-electron chi connectivity index (χ1n) is 7.55. The first-order valence-corrected chi connectivity index (χ1v) is 9.28. The van der Waals surface area contributed by atoms with Crippen LogP contribution in [0.5, 0.6) is 5.75 Å². The third-order valence-electron chi connectivity index (χ3n) is 3.72. The van der Waals surface area contributed by atoms with Gasteiger partial charge in [-0.05, 0) is 47.9 Å². The molecular weight excluding hydrogens is 326 g/mol. The summed E-state index contributed by atoms with van der Waals surface area (Å²) in [6.07, 6.45) is 2.68. The molecule has 0 fully saturated rings. The van der Waals surface area contributed by atoms with Crippen molar-refractivity contribution in [3.63, 3.8) is 0 Å². The molecule has 1 atom stereocenters. The fourth-order valence-corrected chi connectivity index (χ4v) is 3.26. The van der Waals surface area contributed by atoms with E-state index in [1.54, 1.807) is 42.7 Å². The molecule has 0 radical (unpaired) electrons. The van der Waals surface area contributed by atoms with Crippen molar-refractivity contribution in [3.05, 3.63) is 59.2 Å². The Morgan fingerprint density at radius 2 is 2.04 bits per heavy atom. The Morgan fingerprint density at radius 3 is 2.83 bits per heavy atom. The number of esters is 1. The van der Waals surface area contributed by atoms with Crippen molar-refractivity contribution in [2.75, 3.05) is 11.6 Å². The molecule has 124 valence electrons. The molecule has 0 saturated carbocycles. The highest BCUT2D eigenvalue weighted by molar-refractivity contribution is 7.83. The van der Waals surface area contributed by atoms with E-state index in [-0.39, 0.29) is 5.91 Å². The lowest BCUT2D eigenvalue weighted by molar-refractivity contribution is -0.116.